The molecule has 0 spiro atoms. The second-order valence-electron chi connectivity index (χ2n) is 6.18. The largest absolute Gasteiger partial charge is 0.495 e. The number of ether oxygens (including phenoxy) is 1. The molecule has 3 unspecified atom stereocenters. The molecule has 2 saturated carbocycles. The Hall–Kier alpha value is -1.00. The average molecular weight is 325 g/mol. The minimum atomic E-state index is 0.531. The number of thiocarbonyl (C=S) groups is 1. The lowest BCUT2D eigenvalue weighted by molar-refractivity contribution is 0.391. The molecule has 2 aliphatic rings. The number of nitrogens with one attached hydrogen (secondary N) is 2. The van der Waals surface area contributed by atoms with Gasteiger partial charge >= 0.3 is 0 Å². The van der Waals surface area contributed by atoms with Crippen LogP contribution in [-0.4, -0.2) is 18.3 Å². The van der Waals surface area contributed by atoms with E-state index in [2.05, 4.69) is 10.6 Å². The normalized spacial score (nSPS) is 26.7. The van der Waals surface area contributed by atoms with Crippen molar-refractivity contribution < 1.29 is 4.74 Å². The number of benzene rings is 1. The number of aryl methyl sites for hydroxylation is 1. The van der Waals surface area contributed by atoms with Gasteiger partial charge in [-0.15, -0.1) is 0 Å². The molecule has 0 aromatic heterocycles. The number of fused-ring (bicyclic) bond motifs is 2. The highest BCUT2D eigenvalue weighted by atomic mass is 35.5. The van der Waals surface area contributed by atoms with E-state index in [0.29, 0.717) is 21.9 Å². The van der Waals surface area contributed by atoms with E-state index in [0.717, 1.165) is 23.1 Å². The maximum absolute atomic E-state index is 6.13. The summed E-state index contributed by atoms with van der Waals surface area (Å²) < 4.78 is 5.37. The SMILES string of the molecule is COc1cc(Cl)c(C)cc1NC(=S)NC1CC2CCC1C2. The third-order valence-corrected chi connectivity index (χ3v) is 5.41. The first-order valence-electron chi connectivity index (χ1n) is 7.48. The minimum absolute atomic E-state index is 0.531. The zero-order valence-electron chi connectivity index (χ0n) is 12.4. The Bertz CT molecular complexity index is 563. The first-order chi connectivity index (χ1) is 10.1. The van der Waals surface area contributed by atoms with Gasteiger partial charge in [0.2, 0.25) is 0 Å². The molecule has 2 N–H and O–H groups in total. The van der Waals surface area contributed by atoms with Gasteiger partial charge < -0.3 is 15.4 Å². The Morgan fingerprint density at radius 1 is 1.33 bits per heavy atom. The van der Waals surface area contributed by atoms with Gasteiger partial charge in [0.25, 0.3) is 0 Å². The fourth-order valence-electron chi connectivity index (χ4n) is 3.68. The third-order valence-electron chi connectivity index (χ3n) is 4.78. The molecule has 21 heavy (non-hydrogen) atoms. The van der Waals surface area contributed by atoms with E-state index < -0.39 is 0 Å². The van der Waals surface area contributed by atoms with Crippen molar-refractivity contribution in [3.8, 4) is 5.75 Å². The predicted octanol–water partition coefficient (Wildman–Crippen LogP) is 4.13. The van der Waals surface area contributed by atoms with Gasteiger partial charge in [-0.1, -0.05) is 18.0 Å². The smallest absolute Gasteiger partial charge is 0.171 e. The molecule has 2 bridgehead atoms. The second kappa shape index (κ2) is 6.01. The molecule has 114 valence electrons. The Morgan fingerprint density at radius 2 is 2.14 bits per heavy atom. The molecule has 0 amide bonds. The van der Waals surface area contributed by atoms with Crippen LogP contribution in [0.25, 0.3) is 0 Å². The molecule has 0 aliphatic heterocycles. The summed E-state index contributed by atoms with van der Waals surface area (Å²) in [4.78, 5) is 0. The van der Waals surface area contributed by atoms with Crippen molar-refractivity contribution in [1.29, 1.82) is 0 Å². The van der Waals surface area contributed by atoms with Crippen LogP contribution in [0.2, 0.25) is 5.02 Å². The van der Waals surface area contributed by atoms with Gasteiger partial charge in [-0.3, -0.25) is 0 Å². The van der Waals surface area contributed by atoms with Crippen LogP contribution in [0.4, 0.5) is 5.69 Å². The van der Waals surface area contributed by atoms with Crippen molar-refractivity contribution in [2.45, 2.75) is 38.6 Å². The standard InChI is InChI=1S/C16H21ClN2OS/c1-9-5-14(15(20-2)8-12(9)17)19-16(21)18-13-7-10-3-4-11(13)6-10/h5,8,10-11,13H,3-4,6-7H2,1-2H3,(H2,18,19,21). The summed E-state index contributed by atoms with van der Waals surface area (Å²) in [6, 6.07) is 4.32. The molecule has 5 heteroatoms. The van der Waals surface area contributed by atoms with Gasteiger partial charge in [-0.25, -0.2) is 0 Å². The average Bonchev–Trinajstić information content (AvgIpc) is 3.05. The quantitative estimate of drug-likeness (QED) is 0.819. The first-order valence-corrected chi connectivity index (χ1v) is 8.27. The summed E-state index contributed by atoms with van der Waals surface area (Å²) in [5.41, 5.74) is 1.86. The van der Waals surface area contributed by atoms with Crippen LogP contribution in [0.3, 0.4) is 0 Å². The molecule has 3 atom stereocenters. The summed E-state index contributed by atoms with van der Waals surface area (Å²) in [5, 5.41) is 8.10. The van der Waals surface area contributed by atoms with E-state index in [1.54, 1.807) is 7.11 Å². The number of rotatable bonds is 3. The van der Waals surface area contributed by atoms with Crippen molar-refractivity contribution in [2.75, 3.05) is 12.4 Å². The van der Waals surface area contributed by atoms with E-state index in [1.807, 2.05) is 19.1 Å². The molecule has 1 aromatic carbocycles. The zero-order valence-corrected chi connectivity index (χ0v) is 14.0. The van der Waals surface area contributed by atoms with Crippen LogP contribution in [-0.2, 0) is 0 Å². The Balaban J connectivity index is 1.66. The lowest BCUT2D eigenvalue weighted by Crippen LogP contribution is -2.40. The Kier molecular flexibility index (Phi) is 4.27. The van der Waals surface area contributed by atoms with Crippen LogP contribution < -0.4 is 15.4 Å². The van der Waals surface area contributed by atoms with Gasteiger partial charge in [-0.05, 0) is 61.9 Å². The number of hydrogen-bond donors (Lipinski definition) is 2. The van der Waals surface area contributed by atoms with E-state index in [-0.39, 0.29) is 0 Å². The lowest BCUT2D eigenvalue weighted by Gasteiger charge is -2.25. The van der Waals surface area contributed by atoms with Crippen molar-refractivity contribution >= 4 is 34.6 Å². The topological polar surface area (TPSA) is 33.3 Å². The highest BCUT2D eigenvalue weighted by molar-refractivity contribution is 7.80. The molecule has 2 fully saturated rings. The molecule has 3 nitrogen and oxygen atoms in total. The maximum atomic E-state index is 6.13. The van der Waals surface area contributed by atoms with Crippen molar-refractivity contribution in [3.05, 3.63) is 22.7 Å². The number of methoxy groups -OCH3 is 1. The summed E-state index contributed by atoms with van der Waals surface area (Å²) >= 11 is 11.6. The zero-order chi connectivity index (χ0) is 15.0. The van der Waals surface area contributed by atoms with E-state index in [9.17, 15) is 0 Å². The second-order valence-corrected chi connectivity index (χ2v) is 7.00. The van der Waals surface area contributed by atoms with Crippen LogP contribution in [0.5, 0.6) is 5.75 Å². The Morgan fingerprint density at radius 3 is 2.76 bits per heavy atom. The lowest BCUT2D eigenvalue weighted by atomic mass is 9.95. The van der Waals surface area contributed by atoms with Crippen molar-refractivity contribution in [3.63, 3.8) is 0 Å². The van der Waals surface area contributed by atoms with E-state index >= 15 is 0 Å². The number of anilines is 1. The van der Waals surface area contributed by atoms with Crippen LogP contribution in [0.1, 0.15) is 31.2 Å². The maximum Gasteiger partial charge on any atom is 0.171 e. The summed E-state index contributed by atoms with van der Waals surface area (Å²) in [6.45, 7) is 1.97. The van der Waals surface area contributed by atoms with Crippen LogP contribution in [0.15, 0.2) is 12.1 Å². The van der Waals surface area contributed by atoms with Crippen LogP contribution >= 0.6 is 23.8 Å². The third kappa shape index (κ3) is 3.11. The molecule has 0 saturated heterocycles. The summed E-state index contributed by atoms with van der Waals surface area (Å²) in [5.74, 6) is 2.41. The van der Waals surface area contributed by atoms with Gasteiger partial charge in [0, 0.05) is 17.1 Å². The van der Waals surface area contributed by atoms with Gasteiger partial charge in [0.05, 0.1) is 12.8 Å². The van der Waals surface area contributed by atoms with Gasteiger partial charge in [0.1, 0.15) is 5.75 Å². The molecule has 2 aliphatic carbocycles. The van der Waals surface area contributed by atoms with Gasteiger partial charge in [-0.2, -0.15) is 0 Å². The molecule has 0 heterocycles. The molecule has 3 rings (SSSR count). The highest BCUT2D eigenvalue weighted by Gasteiger charge is 2.39. The van der Waals surface area contributed by atoms with E-state index in [1.165, 1.54) is 25.7 Å². The molecule has 1 aromatic rings. The first kappa shape index (κ1) is 14.9. The fraction of sp³-hybridized carbons (Fsp3) is 0.562. The van der Waals surface area contributed by atoms with Crippen molar-refractivity contribution in [2.24, 2.45) is 11.8 Å². The summed E-state index contributed by atoms with van der Waals surface area (Å²) in [6.07, 6.45) is 5.36. The monoisotopic (exact) mass is 324 g/mol. The molecular formula is C16H21ClN2OS. The number of hydrogen-bond acceptors (Lipinski definition) is 2. The molecular weight excluding hydrogens is 304 g/mol. The fourth-order valence-corrected chi connectivity index (χ4v) is 4.09. The summed E-state index contributed by atoms with van der Waals surface area (Å²) in [7, 11) is 1.64. The van der Waals surface area contributed by atoms with Gasteiger partial charge in [0.15, 0.2) is 5.11 Å². The molecule has 0 radical (unpaired) electrons. The van der Waals surface area contributed by atoms with Crippen molar-refractivity contribution in [1.82, 2.24) is 5.32 Å². The van der Waals surface area contributed by atoms with E-state index in [4.69, 9.17) is 28.6 Å². The highest BCUT2D eigenvalue weighted by Crippen LogP contribution is 2.44. The minimum Gasteiger partial charge on any atom is -0.495 e. The predicted molar refractivity (Wildman–Crippen MR) is 91.3 cm³/mol. The number of halogens is 1. The van der Waals surface area contributed by atoms with Crippen LogP contribution in [0, 0.1) is 18.8 Å². The Labute approximate surface area is 136 Å².